The maximum atomic E-state index is 13.3. The van der Waals surface area contributed by atoms with E-state index in [9.17, 15) is 14.4 Å². The van der Waals surface area contributed by atoms with E-state index in [0.717, 1.165) is 73.8 Å². The normalized spacial score (nSPS) is 14.0. The van der Waals surface area contributed by atoms with Gasteiger partial charge in [0.05, 0.1) is 48.0 Å². The number of benzene rings is 2. The summed E-state index contributed by atoms with van der Waals surface area (Å²) >= 11 is 0. The number of nitrogen functional groups attached to an aromatic ring is 1. The number of aromatic nitrogens is 3. The van der Waals surface area contributed by atoms with Gasteiger partial charge in [0.25, 0.3) is 5.91 Å². The van der Waals surface area contributed by atoms with Crippen molar-refractivity contribution in [2.24, 2.45) is 0 Å². The highest BCUT2D eigenvalue weighted by Crippen LogP contribution is 2.22. The number of hydrogen-bond donors (Lipinski definition) is 3. The van der Waals surface area contributed by atoms with Crippen LogP contribution in [0.5, 0.6) is 0 Å². The van der Waals surface area contributed by atoms with Crippen LogP contribution in [0.25, 0.3) is 11.3 Å². The summed E-state index contributed by atoms with van der Waals surface area (Å²) in [5.41, 5.74) is 10.8. The number of aryl methyl sites for hydroxylation is 1. The second-order valence-electron chi connectivity index (χ2n) is 10.7. The van der Waals surface area contributed by atoms with E-state index in [1.54, 1.807) is 25.3 Å². The van der Waals surface area contributed by atoms with Gasteiger partial charge < -0.3 is 21.1 Å². The van der Waals surface area contributed by atoms with Gasteiger partial charge in [0, 0.05) is 31.4 Å². The van der Waals surface area contributed by atoms with E-state index in [4.69, 9.17) is 15.5 Å². The van der Waals surface area contributed by atoms with Crippen molar-refractivity contribution in [2.45, 2.75) is 32.4 Å². The number of amides is 1. The minimum Gasteiger partial charge on any atom is -0.382 e. The summed E-state index contributed by atoms with van der Waals surface area (Å²) in [4.78, 5) is 29.1. The molecule has 4 aromatic rings. The van der Waals surface area contributed by atoms with Crippen LogP contribution in [0.1, 0.15) is 52.1 Å². The molecule has 0 spiro atoms. The Morgan fingerprint density at radius 1 is 1.11 bits per heavy atom. The summed E-state index contributed by atoms with van der Waals surface area (Å²) in [6.45, 7) is 6.64. The molecule has 10 nitrogen and oxygen atoms in total. The van der Waals surface area contributed by atoms with Crippen LogP contribution in [-0.2, 0) is 17.7 Å². The summed E-state index contributed by atoms with van der Waals surface area (Å²) in [7, 11) is 0. The molecule has 0 bridgehead atoms. The van der Waals surface area contributed by atoms with Crippen LogP contribution < -0.4 is 16.4 Å². The highest BCUT2D eigenvalue weighted by atomic mass is 19.1. The van der Waals surface area contributed by atoms with Crippen molar-refractivity contribution in [3.05, 3.63) is 101 Å². The summed E-state index contributed by atoms with van der Waals surface area (Å²) in [5, 5.41) is 15.5. The van der Waals surface area contributed by atoms with Crippen LogP contribution in [0.4, 0.5) is 16.0 Å². The van der Waals surface area contributed by atoms with Crippen molar-refractivity contribution in [3.63, 3.8) is 0 Å². The van der Waals surface area contributed by atoms with Gasteiger partial charge in [-0.3, -0.25) is 9.69 Å². The fourth-order valence-corrected chi connectivity index (χ4v) is 4.98. The van der Waals surface area contributed by atoms with Crippen molar-refractivity contribution < 1.29 is 13.9 Å². The molecule has 0 saturated carbocycles. The van der Waals surface area contributed by atoms with Crippen molar-refractivity contribution in [3.8, 4) is 17.3 Å². The summed E-state index contributed by atoms with van der Waals surface area (Å²) < 4.78 is 18.7. The maximum Gasteiger partial charge on any atom is 0.255 e. The predicted octanol–water partition coefficient (Wildman–Crippen LogP) is 4.50. The average Bonchev–Trinajstić information content (AvgIpc) is 3.05. The highest BCUT2D eigenvalue weighted by Gasteiger charge is 2.18. The number of nitrogens with one attached hydrogen (secondary N) is 2. The number of nitriles is 1. The van der Waals surface area contributed by atoms with E-state index >= 15 is 0 Å². The number of ether oxygens (including phenoxy) is 1. The Morgan fingerprint density at radius 3 is 2.59 bits per heavy atom. The number of nitrogens with zero attached hydrogens (tertiary/aromatic N) is 5. The van der Waals surface area contributed by atoms with Gasteiger partial charge in [-0.15, -0.1) is 0 Å². The molecule has 226 valence electrons. The second-order valence-corrected chi connectivity index (χ2v) is 10.7. The van der Waals surface area contributed by atoms with Gasteiger partial charge in [-0.25, -0.2) is 19.3 Å². The van der Waals surface area contributed by atoms with Gasteiger partial charge in [-0.1, -0.05) is 36.4 Å². The lowest BCUT2D eigenvalue weighted by atomic mass is 10.1. The number of carbonyl (C=O) groups excluding carboxylic acids is 1. The van der Waals surface area contributed by atoms with Crippen LogP contribution in [0.15, 0.2) is 67.0 Å². The van der Waals surface area contributed by atoms with Crippen molar-refractivity contribution in [1.82, 2.24) is 25.2 Å². The first kappa shape index (κ1) is 30.5. The standard InChI is InChI=1S/C33H35FN8O2/c1-22(25-8-10-27(34)11-9-25)40-33(43)28-17-24(18-35)20-39-32(28)38-19-23-4-6-26(7-5-23)30-21-37-31(36)29(41-30)3-2-12-42-13-15-44-16-14-42/h4-11,17,20-22H,2-3,12-16,19H2,1H3,(H2,36,37)(H,38,39)(H,40,43)/t22-/m0/s1. The van der Waals surface area contributed by atoms with E-state index in [1.165, 1.54) is 24.4 Å². The predicted molar refractivity (Wildman–Crippen MR) is 166 cm³/mol. The molecule has 5 rings (SSSR count). The molecule has 1 fully saturated rings. The van der Waals surface area contributed by atoms with Crippen molar-refractivity contribution >= 4 is 17.5 Å². The Kier molecular flexibility index (Phi) is 10.1. The Hall–Kier alpha value is -4.92. The first-order valence-corrected chi connectivity index (χ1v) is 14.6. The third kappa shape index (κ3) is 7.92. The molecule has 1 amide bonds. The number of halogens is 1. The Labute approximate surface area is 256 Å². The van der Waals surface area contributed by atoms with E-state index < -0.39 is 5.91 Å². The molecule has 1 aliphatic rings. The van der Waals surface area contributed by atoms with Gasteiger partial charge in [-0.2, -0.15) is 5.26 Å². The third-order valence-electron chi connectivity index (χ3n) is 7.56. The molecule has 2 aromatic heterocycles. The van der Waals surface area contributed by atoms with E-state index in [0.29, 0.717) is 18.2 Å². The number of nitrogens with two attached hydrogens (primary N) is 1. The summed E-state index contributed by atoms with van der Waals surface area (Å²) in [6, 6.07) is 17.0. The largest absolute Gasteiger partial charge is 0.382 e. The van der Waals surface area contributed by atoms with E-state index in [1.807, 2.05) is 30.3 Å². The zero-order valence-electron chi connectivity index (χ0n) is 24.6. The summed E-state index contributed by atoms with van der Waals surface area (Å²) in [6.07, 6.45) is 4.81. The molecule has 4 N–H and O–H groups in total. The zero-order valence-corrected chi connectivity index (χ0v) is 24.6. The lowest BCUT2D eigenvalue weighted by Gasteiger charge is -2.26. The Balaban J connectivity index is 1.22. The van der Waals surface area contributed by atoms with Gasteiger partial charge in [0.2, 0.25) is 0 Å². The quantitative estimate of drug-likeness (QED) is 0.229. The van der Waals surface area contributed by atoms with Crippen LogP contribution in [0, 0.1) is 17.1 Å². The molecule has 1 saturated heterocycles. The lowest BCUT2D eigenvalue weighted by molar-refractivity contribution is 0.0374. The molecule has 0 radical (unpaired) electrons. The fourth-order valence-electron chi connectivity index (χ4n) is 4.98. The van der Waals surface area contributed by atoms with Crippen LogP contribution >= 0.6 is 0 Å². The van der Waals surface area contributed by atoms with Gasteiger partial charge in [0.15, 0.2) is 0 Å². The molecule has 0 unspecified atom stereocenters. The minimum absolute atomic E-state index is 0.243. The van der Waals surface area contributed by atoms with Gasteiger partial charge >= 0.3 is 0 Å². The topological polar surface area (TPSA) is 142 Å². The van der Waals surface area contributed by atoms with E-state index in [-0.39, 0.29) is 23.0 Å². The first-order valence-electron chi connectivity index (χ1n) is 14.6. The summed E-state index contributed by atoms with van der Waals surface area (Å²) in [5.74, 6) is 0.0623. The van der Waals surface area contributed by atoms with Crippen molar-refractivity contribution in [2.75, 3.05) is 43.9 Å². The molecule has 0 aliphatic carbocycles. The van der Waals surface area contributed by atoms with Crippen LogP contribution in [0.3, 0.4) is 0 Å². The van der Waals surface area contributed by atoms with Gasteiger partial charge in [-0.05, 0) is 55.6 Å². The van der Waals surface area contributed by atoms with Crippen molar-refractivity contribution in [1.29, 1.82) is 5.26 Å². The molecule has 1 atom stereocenters. The van der Waals surface area contributed by atoms with E-state index in [2.05, 4.69) is 25.5 Å². The van der Waals surface area contributed by atoms with Gasteiger partial charge in [0.1, 0.15) is 23.5 Å². The smallest absolute Gasteiger partial charge is 0.255 e. The molecule has 11 heteroatoms. The molecular weight excluding hydrogens is 559 g/mol. The molecule has 1 aliphatic heterocycles. The third-order valence-corrected chi connectivity index (χ3v) is 7.56. The minimum atomic E-state index is -0.396. The Bertz CT molecular complexity index is 1620. The zero-order chi connectivity index (χ0) is 30.9. The number of morpholine rings is 1. The number of carbonyl (C=O) groups is 1. The number of rotatable bonds is 11. The number of anilines is 2. The molecule has 44 heavy (non-hydrogen) atoms. The lowest BCUT2D eigenvalue weighted by Crippen LogP contribution is -2.37. The molecule has 2 aromatic carbocycles. The van der Waals surface area contributed by atoms with Crippen LogP contribution in [-0.4, -0.2) is 58.6 Å². The highest BCUT2D eigenvalue weighted by molar-refractivity contribution is 5.99. The molecular formula is C33H35FN8O2. The Morgan fingerprint density at radius 2 is 1.86 bits per heavy atom. The number of hydrogen-bond acceptors (Lipinski definition) is 9. The monoisotopic (exact) mass is 594 g/mol. The SMILES string of the molecule is C[C@H](NC(=O)c1cc(C#N)cnc1NCc1ccc(-c2cnc(N)c(CCCN3CCOCC3)n2)cc1)c1ccc(F)cc1. The number of pyridine rings is 1. The molecule has 3 heterocycles. The average molecular weight is 595 g/mol. The fraction of sp³-hybridized carbons (Fsp3) is 0.303. The maximum absolute atomic E-state index is 13.3. The van der Waals surface area contributed by atoms with Crippen LogP contribution in [0.2, 0.25) is 0 Å². The first-order chi connectivity index (χ1) is 21.4. The second kappa shape index (κ2) is 14.5.